The van der Waals surface area contributed by atoms with E-state index < -0.39 is 9.84 Å². The lowest BCUT2D eigenvalue weighted by molar-refractivity contribution is -0.121. The fourth-order valence-electron chi connectivity index (χ4n) is 2.92. The molecule has 1 aliphatic rings. The summed E-state index contributed by atoms with van der Waals surface area (Å²) in [6, 6.07) is 4.88. The highest BCUT2D eigenvalue weighted by molar-refractivity contribution is 7.91. The van der Waals surface area contributed by atoms with Crippen molar-refractivity contribution in [3.63, 3.8) is 0 Å². The lowest BCUT2D eigenvalue weighted by Crippen LogP contribution is -2.46. The number of methoxy groups -OCH3 is 2. The molecule has 2 rings (SSSR count). The van der Waals surface area contributed by atoms with Crippen LogP contribution in [0.15, 0.2) is 23.1 Å². The summed E-state index contributed by atoms with van der Waals surface area (Å²) < 4.78 is 35.2. The second-order valence-electron chi connectivity index (χ2n) is 6.23. The minimum Gasteiger partial charge on any atom is -0.493 e. The third-order valence-corrected chi connectivity index (χ3v) is 6.01. The van der Waals surface area contributed by atoms with Gasteiger partial charge in [0, 0.05) is 24.6 Å². The van der Waals surface area contributed by atoms with Crippen molar-refractivity contribution in [3.8, 4) is 11.5 Å². The minimum atomic E-state index is -3.57. The molecule has 1 aromatic carbocycles. The van der Waals surface area contributed by atoms with E-state index in [9.17, 15) is 13.2 Å². The maximum absolute atomic E-state index is 12.5. The van der Waals surface area contributed by atoms with Crippen molar-refractivity contribution in [2.24, 2.45) is 0 Å². The Hall–Kier alpha value is -1.51. The van der Waals surface area contributed by atoms with Crippen LogP contribution in [0, 0.1) is 0 Å². The van der Waals surface area contributed by atoms with Crippen molar-refractivity contribution in [3.05, 3.63) is 18.2 Å². The molecule has 0 aromatic heterocycles. The Kier molecular flexibility index (Phi) is 8.66. The average Bonchev–Trinajstić information content (AvgIpc) is 2.59. The molecule has 1 aliphatic heterocycles. The van der Waals surface area contributed by atoms with Gasteiger partial charge in [-0.05, 0) is 38.4 Å². The van der Waals surface area contributed by atoms with Crippen LogP contribution in [0.5, 0.6) is 11.5 Å². The average molecular weight is 407 g/mol. The number of sulfone groups is 1. The van der Waals surface area contributed by atoms with E-state index in [1.165, 1.54) is 26.4 Å². The van der Waals surface area contributed by atoms with E-state index in [2.05, 4.69) is 17.6 Å². The largest absolute Gasteiger partial charge is 0.493 e. The van der Waals surface area contributed by atoms with Gasteiger partial charge in [-0.25, -0.2) is 8.42 Å². The molecule has 1 saturated heterocycles. The van der Waals surface area contributed by atoms with Gasteiger partial charge in [-0.2, -0.15) is 0 Å². The molecule has 0 aliphatic carbocycles. The lowest BCUT2D eigenvalue weighted by atomic mass is 10.0. The number of ether oxygens (including phenoxy) is 2. The van der Waals surface area contributed by atoms with Gasteiger partial charge in [-0.3, -0.25) is 4.79 Å². The first-order valence-corrected chi connectivity index (χ1v) is 9.98. The Labute approximate surface area is 161 Å². The second kappa shape index (κ2) is 9.99. The molecular formula is C17H27ClN2O5S. The number of nitrogens with one attached hydrogen (secondary N) is 2. The quantitative estimate of drug-likeness (QED) is 0.713. The van der Waals surface area contributed by atoms with Crippen LogP contribution in [0.4, 0.5) is 0 Å². The SMILES string of the molecule is COc1ccc(S(=O)(=O)CCC(=O)NC2CCNC(C)C2)cc1OC.Cl. The molecule has 0 spiro atoms. The molecule has 0 bridgehead atoms. The predicted octanol–water partition coefficient (Wildman–Crippen LogP) is 1.55. The summed E-state index contributed by atoms with van der Waals surface area (Å²) in [5, 5.41) is 6.24. The fourth-order valence-corrected chi connectivity index (χ4v) is 4.17. The van der Waals surface area contributed by atoms with Gasteiger partial charge in [0.25, 0.3) is 0 Å². The van der Waals surface area contributed by atoms with Crippen LogP contribution in [0.25, 0.3) is 0 Å². The summed E-state index contributed by atoms with van der Waals surface area (Å²) in [5.74, 6) is 0.327. The second-order valence-corrected chi connectivity index (χ2v) is 8.34. The molecule has 1 heterocycles. The van der Waals surface area contributed by atoms with E-state index >= 15 is 0 Å². The zero-order valence-corrected chi connectivity index (χ0v) is 16.9. The Balaban J connectivity index is 0.00000338. The lowest BCUT2D eigenvalue weighted by Gasteiger charge is -2.28. The number of hydrogen-bond acceptors (Lipinski definition) is 6. The minimum absolute atomic E-state index is 0. The van der Waals surface area contributed by atoms with Gasteiger partial charge >= 0.3 is 0 Å². The molecule has 1 aromatic rings. The number of rotatable bonds is 7. The van der Waals surface area contributed by atoms with E-state index in [-0.39, 0.29) is 41.4 Å². The molecule has 0 saturated carbocycles. The third-order valence-electron chi connectivity index (χ3n) is 4.30. The summed E-state index contributed by atoms with van der Waals surface area (Å²) in [7, 11) is -0.643. The zero-order valence-electron chi connectivity index (χ0n) is 15.3. The highest BCUT2D eigenvalue weighted by Crippen LogP contribution is 2.29. The summed E-state index contributed by atoms with van der Waals surface area (Å²) in [5.41, 5.74) is 0. The molecule has 0 radical (unpaired) electrons. The first-order valence-electron chi connectivity index (χ1n) is 8.33. The maximum atomic E-state index is 12.5. The maximum Gasteiger partial charge on any atom is 0.221 e. The van der Waals surface area contributed by atoms with Crippen molar-refractivity contribution in [2.45, 2.75) is 43.2 Å². The molecule has 2 N–H and O–H groups in total. The van der Waals surface area contributed by atoms with Gasteiger partial charge in [-0.15, -0.1) is 12.4 Å². The number of hydrogen-bond donors (Lipinski definition) is 2. The molecule has 7 nitrogen and oxygen atoms in total. The number of carbonyl (C=O) groups excluding carboxylic acids is 1. The summed E-state index contributed by atoms with van der Waals surface area (Å²) in [4.78, 5) is 12.2. The van der Waals surface area contributed by atoms with Crippen LogP contribution in [0.2, 0.25) is 0 Å². The van der Waals surface area contributed by atoms with E-state index in [1.807, 2.05) is 0 Å². The van der Waals surface area contributed by atoms with Crippen molar-refractivity contribution in [1.82, 2.24) is 10.6 Å². The molecule has 2 atom stereocenters. The standard InChI is InChI=1S/C17H26N2O5S.ClH/c1-12-10-13(6-8-18-12)19-17(20)7-9-25(21,22)14-4-5-15(23-2)16(11-14)24-3;/h4-5,11-13,18H,6-10H2,1-3H3,(H,19,20);1H. The Bertz CT molecular complexity index is 711. The fraction of sp³-hybridized carbons (Fsp3) is 0.588. The van der Waals surface area contributed by atoms with Crippen molar-refractivity contribution in [2.75, 3.05) is 26.5 Å². The first kappa shape index (κ1) is 22.5. The summed E-state index contributed by atoms with van der Waals surface area (Å²) >= 11 is 0. The van der Waals surface area contributed by atoms with E-state index in [0.29, 0.717) is 17.5 Å². The predicted molar refractivity (Wildman–Crippen MR) is 102 cm³/mol. The summed E-state index contributed by atoms with van der Waals surface area (Å²) in [6.45, 7) is 2.93. The monoisotopic (exact) mass is 406 g/mol. The summed E-state index contributed by atoms with van der Waals surface area (Å²) in [6.07, 6.45) is 1.65. The molecule has 1 amide bonds. The van der Waals surface area contributed by atoms with Crippen LogP contribution in [0.1, 0.15) is 26.2 Å². The van der Waals surface area contributed by atoms with Crippen molar-refractivity contribution in [1.29, 1.82) is 0 Å². The number of piperidine rings is 1. The van der Waals surface area contributed by atoms with E-state index in [4.69, 9.17) is 9.47 Å². The van der Waals surface area contributed by atoms with Crippen molar-refractivity contribution >= 4 is 28.2 Å². The van der Waals surface area contributed by atoms with Crippen LogP contribution in [-0.4, -0.2) is 52.9 Å². The topological polar surface area (TPSA) is 93.7 Å². The molecule has 2 unspecified atom stereocenters. The van der Waals surface area contributed by atoms with E-state index in [0.717, 1.165) is 19.4 Å². The van der Waals surface area contributed by atoms with Crippen LogP contribution in [-0.2, 0) is 14.6 Å². The molecule has 1 fully saturated rings. The van der Waals surface area contributed by atoms with Gasteiger partial charge in [0.05, 0.1) is 24.9 Å². The highest BCUT2D eigenvalue weighted by atomic mass is 35.5. The van der Waals surface area contributed by atoms with Gasteiger partial charge < -0.3 is 20.1 Å². The van der Waals surface area contributed by atoms with Crippen LogP contribution < -0.4 is 20.1 Å². The van der Waals surface area contributed by atoms with Gasteiger partial charge in [0.1, 0.15) is 0 Å². The molecule has 148 valence electrons. The van der Waals surface area contributed by atoms with E-state index in [1.54, 1.807) is 6.07 Å². The Morgan fingerprint density at radius 2 is 1.96 bits per heavy atom. The van der Waals surface area contributed by atoms with Crippen LogP contribution >= 0.6 is 12.4 Å². The zero-order chi connectivity index (χ0) is 18.4. The third kappa shape index (κ3) is 6.03. The number of halogens is 1. The molecular weight excluding hydrogens is 380 g/mol. The Morgan fingerprint density at radius 1 is 1.27 bits per heavy atom. The molecule has 9 heteroatoms. The molecule has 26 heavy (non-hydrogen) atoms. The number of benzene rings is 1. The number of amides is 1. The van der Waals surface area contributed by atoms with Crippen molar-refractivity contribution < 1.29 is 22.7 Å². The normalized spacial score (nSPS) is 20.0. The van der Waals surface area contributed by atoms with Gasteiger partial charge in [-0.1, -0.05) is 0 Å². The smallest absolute Gasteiger partial charge is 0.221 e. The first-order chi connectivity index (χ1) is 11.9. The Morgan fingerprint density at radius 3 is 2.58 bits per heavy atom. The van der Waals surface area contributed by atoms with Gasteiger partial charge in [0.2, 0.25) is 5.91 Å². The van der Waals surface area contributed by atoms with Gasteiger partial charge in [0.15, 0.2) is 21.3 Å². The van der Waals surface area contributed by atoms with Crippen LogP contribution in [0.3, 0.4) is 0 Å². The highest BCUT2D eigenvalue weighted by Gasteiger charge is 2.22. The number of carbonyl (C=O) groups is 1.